The predicted molar refractivity (Wildman–Crippen MR) is 202 cm³/mol. The zero-order chi connectivity index (χ0) is 37.0. The number of benzene rings is 3. The van der Waals surface area contributed by atoms with E-state index in [0.717, 1.165) is 16.7 Å². The Labute approximate surface area is 311 Å². The molecule has 9 nitrogen and oxygen atoms in total. The molecule has 3 aromatic carbocycles. The number of fused-ring (bicyclic) bond motifs is 2. The summed E-state index contributed by atoms with van der Waals surface area (Å²) in [6.45, 7) is 10.6. The maximum absolute atomic E-state index is 14.4. The number of carbonyl (C=O) groups excluding carboxylic acids is 3. The number of alkyl carbamates (subject to hydrolysis) is 1. The van der Waals surface area contributed by atoms with Gasteiger partial charge in [0.1, 0.15) is 23.8 Å². The molecule has 2 bridgehead atoms. The molecule has 2 N–H and O–H groups in total. The van der Waals surface area contributed by atoms with Gasteiger partial charge in [-0.25, -0.2) is 9.59 Å². The van der Waals surface area contributed by atoms with E-state index in [1.165, 1.54) is 0 Å². The Hall–Kier alpha value is -3.86. The van der Waals surface area contributed by atoms with Crippen molar-refractivity contribution in [2.75, 3.05) is 19.0 Å². The van der Waals surface area contributed by atoms with Crippen LogP contribution in [-0.2, 0) is 33.3 Å². The van der Waals surface area contributed by atoms with E-state index in [-0.39, 0.29) is 17.9 Å². The molecule has 2 heterocycles. The Morgan fingerprint density at radius 1 is 0.885 bits per heavy atom. The van der Waals surface area contributed by atoms with Gasteiger partial charge in [0.15, 0.2) is 6.29 Å². The Bertz CT molecular complexity index is 1570. The summed E-state index contributed by atoms with van der Waals surface area (Å²) in [4.78, 5) is 41.1. The van der Waals surface area contributed by atoms with Gasteiger partial charge in [0.25, 0.3) is 0 Å². The van der Waals surface area contributed by atoms with E-state index in [2.05, 4.69) is 60.9 Å². The van der Waals surface area contributed by atoms with Crippen molar-refractivity contribution >= 4 is 29.7 Å². The van der Waals surface area contributed by atoms with Crippen LogP contribution in [0.5, 0.6) is 0 Å². The van der Waals surface area contributed by atoms with Gasteiger partial charge in [-0.15, -0.1) is 11.8 Å². The van der Waals surface area contributed by atoms with Crippen LogP contribution < -0.4 is 10.6 Å². The van der Waals surface area contributed by atoms with E-state index >= 15 is 0 Å². The molecule has 2 aliphatic heterocycles. The van der Waals surface area contributed by atoms with E-state index in [4.69, 9.17) is 18.9 Å². The lowest BCUT2D eigenvalue weighted by atomic mass is 9.74. The Morgan fingerprint density at radius 3 is 1.94 bits per heavy atom. The number of esters is 1. The van der Waals surface area contributed by atoms with Crippen LogP contribution in [0.15, 0.2) is 91.0 Å². The van der Waals surface area contributed by atoms with Crippen LogP contribution in [0, 0.1) is 10.8 Å². The number of thioether (sulfide) groups is 1. The third kappa shape index (κ3) is 8.67. The number of ether oxygens (including phenoxy) is 4. The summed E-state index contributed by atoms with van der Waals surface area (Å²) in [5.74, 6) is -0.441. The molecule has 6 rings (SSSR count). The highest BCUT2D eigenvalue weighted by Gasteiger charge is 2.56. The lowest BCUT2D eigenvalue weighted by molar-refractivity contribution is -0.237. The van der Waals surface area contributed by atoms with Crippen molar-refractivity contribution in [3.63, 3.8) is 0 Å². The van der Waals surface area contributed by atoms with Crippen LogP contribution in [0.1, 0.15) is 83.4 Å². The van der Waals surface area contributed by atoms with Crippen molar-refractivity contribution in [2.24, 2.45) is 10.8 Å². The molecule has 2 unspecified atom stereocenters. The second-order valence-corrected chi connectivity index (χ2v) is 17.5. The average Bonchev–Trinajstić information content (AvgIpc) is 3.47. The molecule has 0 aromatic heterocycles. The number of rotatable bonds is 12. The van der Waals surface area contributed by atoms with Gasteiger partial charge in [0, 0.05) is 17.3 Å². The Morgan fingerprint density at radius 2 is 1.42 bits per heavy atom. The molecular weight excluding hydrogens is 677 g/mol. The van der Waals surface area contributed by atoms with Crippen LogP contribution >= 0.6 is 11.8 Å². The van der Waals surface area contributed by atoms with Gasteiger partial charge in [-0.1, -0.05) is 105 Å². The number of carbonyl (C=O) groups is 3. The molecule has 2 amide bonds. The first-order valence-electron chi connectivity index (χ1n) is 18.3. The molecule has 0 radical (unpaired) electrons. The van der Waals surface area contributed by atoms with Crippen LogP contribution in [0.2, 0.25) is 0 Å². The van der Waals surface area contributed by atoms with Crippen molar-refractivity contribution in [1.29, 1.82) is 0 Å². The molecule has 3 aliphatic rings. The molecular formula is C42H52N2O7S. The highest BCUT2D eigenvalue weighted by molar-refractivity contribution is 8.00. The van der Waals surface area contributed by atoms with Crippen molar-refractivity contribution in [3.8, 4) is 0 Å². The zero-order valence-corrected chi connectivity index (χ0v) is 31.7. The SMILES string of the molecule is CC1(C)COC(CC23CCC(C2)OC(=O)[C@H]3NC(=O)[C@H](CCSC(c2ccccc2)(c2ccccc2)c2ccccc2)NC(=O)OC(C)(C)C)OC1. The summed E-state index contributed by atoms with van der Waals surface area (Å²) < 4.78 is 23.0. The van der Waals surface area contributed by atoms with Gasteiger partial charge in [-0.05, 0) is 68.9 Å². The smallest absolute Gasteiger partial charge is 0.408 e. The zero-order valence-electron chi connectivity index (χ0n) is 30.9. The first kappa shape index (κ1) is 37.9. The predicted octanol–water partition coefficient (Wildman–Crippen LogP) is 7.36. The van der Waals surface area contributed by atoms with Crippen molar-refractivity contribution in [2.45, 2.75) is 102 Å². The third-order valence-electron chi connectivity index (χ3n) is 10.2. The molecule has 3 aromatic rings. The minimum atomic E-state index is -0.991. The van der Waals surface area contributed by atoms with Gasteiger partial charge >= 0.3 is 12.1 Å². The topological polar surface area (TPSA) is 112 Å². The molecule has 278 valence electrons. The fourth-order valence-corrected chi connectivity index (χ4v) is 9.27. The monoisotopic (exact) mass is 728 g/mol. The molecule has 1 saturated carbocycles. The lowest BCUT2D eigenvalue weighted by Gasteiger charge is -2.44. The van der Waals surface area contributed by atoms with Crippen LogP contribution in [0.25, 0.3) is 0 Å². The minimum absolute atomic E-state index is 0.0941. The fourth-order valence-electron chi connectivity index (χ4n) is 7.70. The van der Waals surface area contributed by atoms with Gasteiger partial charge in [-0.3, -0.25) is 4.79 Å². The normalized spacial score (nSPS) is 23.7. The molecule has 52 heavy (non-hydrogen) atoms. The summed E-state index contributed by atoms with van der Waals surface area (Å²) in [5.41, 5.74) is 1.83. The Kier molecular flexibility index (Phi) is 11.4. The van der Waals surface area contributed by atoms with Crippen molar-refractivity contribution < 1.29 is 33.3 Å². The standard InChI is InChI=1S/C42H52N2O7S/c1-39(2,3)51-38(47)43-33(36(45)44-35-37(46)50-32-21-23-41(35,25-32)26-34-48-27-40(4,5)28-49-34)22-24-52-42(29-15-9-6-10-16-29,30-17-11-7-12-18-30)31-19-13-8-14-20-31/h6-20,32-35H,21-28H2,1-5H3,(H,43,47)(H,44,45)/t32?,33-,35+,41?/m0/s1. The average molecular weight is 729 g/mol. The summed E-state index contributed by atoms with van der Waals surface area (Å²) in [6, 6.07) is 29.1. The van der Waals surface area contributed by atoms with Crippen molar-refractivity contribution in [1.82, 2.24) is 10.6 Å². The molecule has 2 saturated heterocycles. The van der Waals surface area contributed by atoms with E-state index in [9.17, 15) is 14.4 Å². The molecule has 4 atom stereocenters. The summed E-state index contributed by atoms with van der Waals surface area (Å²) in [6.07, 6.45) is 1.37. The van der Waals surface area contributed by atoms with Crippen LogP contribution in [0.3, 0.4) is 0 Å². The number of nitrogens with one attached hydrogen (secondary N) is 2. The number of hydrogen-bond acceptors (Lipinski definition) is 8. The minimum Gasteiger partial charge on any atom is -0.461 e. The molecule has 3 fully saturated rings. The number of hydrogen-bond donors (Lipinski definition) is 2. The lowest BCUT2D eigenvalue weighted by Crippen LogP contribution is -2.60. The maximum Gasteiger partial charge on any atom is 0.408 e. The van der Waals surface area contributed by atoms with Crippen molar-refractivity contribution in [3.05, 3.63) is 108 Å². The first-order chi connectivity index (χ1) is 24.8. The molecule has 0 spiro atoms. The first-order valence-corrected chi connectivity index (χ1v) is 19.3. The largest absolute Gasteiger partial charge is 0.461 e. The maximum atomic E-state index is 14.4. The molecule has 1 aliphatic carbocycles. The highest BCUT2D eigenvalue weighted by atomic mass is 32.2. The summed E-state index contributed by atoms with van der Waals surface area (Å²) in [5, 5.41) is 5.89. The van der Waals surface area contributed by atoms with Gasteiger partial charge in [0.2, 0.25) is 5.91 Å². The van der Waals surface area contributed by atoms with E-state index < -0.39 is 52.1 Å². The summed E-state index contributed by atoms with van der Waals surface area (Å²) >= 11 is 1.70. The number of amides is 2. The quantitative estimate of drug-likeness (QED) is 0.147. The van der Waals surface area contributed by atoms with Gasteiger partial charge in [-0.2, -0.15) is 0 Å². The second kappa shape index (κ2) is 15.6. The molecule has 10 heteroatoms. The van der Waals surface area contributed by atoms with E-state index in [0.29, 0.717) is 44.6 Å². The fraction of sp³-hybridized carbons (Fsp3) is 0.500. The van der Waals surface area contributed by atoms with Gasteiger partial charge in [0.05, 0.1) is 18.0 Å². The summed E-state index contributed by atoms with van der Waals surface area (Å²) in [7, 11) is 0. The van der Waals surface area contributed by atoms with Crippen LogP contribution in [0.4, 0.5) is 4.79 Å². The van der Waals surface area contributed by atoms with E-state index in [1.54, 1.807) is 32.5 Å². The third-order valence-corrected chi connectivity index (χ3v) is 11.8. The highest BCUT2D eigenvalue weighted by Crippen LogP contribution is 2.51. The van der Waals surface area contributed by atoms with Crippen LogP contribution in [-0.4, -0.2) is 67.0 Å². The second-order valence-electron chi connectivity index (χ2n) is 16.1. The van der Waals surface area contributed by atoms with E-state index in [1.807, 2.05) is 54.6 Å². The Balaban J connectivity index is 1.26. The van der Waals surface area contributed by atoms with Gasteiger partial charge < -0.3 is 29.6 Å².